The van der Waals surface area contributed by atoms with E-state index in [0.29, 0.717) is 18.1 Å². The quantitative estimate of drug-likeness (QED) is 0.642. The fraction of sp³-hybridized carbons (Fsp3) is 0.417. The Kier molecular flexibility index (Phi) is 6.33. The number of carbonyl (C=O) groups is 2. The predicted octanol–water partition coefficient (Wildman–Crippen LogP) is 5.25. The molecule has 5 heteroatoms. The first kappa shape index (κ1) is 21.4. The molecule has 2 aromatic carbocycles. The van der Waals surface area contributed by atoms with E-state index in [1.54, 1.807) is 0 Å². The van der Waals surface area contributed by atoms with Gasteiger partial charge < -0.3 is 10.0 Å². The van der Waals surface area contributed by atoms with E-state index < -0.39 is 11.4 Å². The number of rotatable bonds is 8. The average molecular weight is 414 g/mol. The maximum Gasteiger partial charge on any atom is 0.307 e. The summed E-state index contributed by atoms with van der Waals surface area (Å²) < 4.78 is 0. The number of fused-ring (bicyclic) bond motifs is 1. The number of hydrogen-bond acceptors (Lipinski definition) is 3. The normalized spacial score (nSPS) is 18.2. The zero-order valence-corrected chi connectivity index (χ0v) is 18.0. The molecule has 0 bridgehead atoms. The van der Waals surface area contributed by atoms with Crippen molar-refractivity contribution < 1.29 is 14.7 Å². The summed E-state index contributed by atoms with van der Waals surface area (Å²) in [5, 5.41) is 9.91. The van der Waals surface area contributed by atoms with Gasteiger partial charge in [0, 0.05) is 29.7 Å². The molecule has 2 aromatic rings. The van der Waals surface area contributed by atoms with Crippen LogP contribution in [0.4, 0.5) is 5.69 Å². The molecule has 0 amide bonds. The molecule has 0 fully saturated rings. The van der Waals surface area contributed by atoms with Crippen molar-refractivity contribution in [1.82, 2.24) is 0 Å². The number of benzene rings is 2. The molecule has 1 aliphatic heterocycles. The van der Waals surface area contributed by atoms with E-state index in [2.05, 4.69) is 11.8 Å². The zero-order valence-electron chi connectivity index (χ0n) is 17.2. The Morgan fingerprint density at radius 1 is 1.21 bits per heavy atom. The number of carboxylic acids is 1. The van der Waals surface area contributed by atoms with Gasteiger partial charge in [-0.25, -0.2) is 0 Å². The number of carboxylic acid groups (broad SMARTS) is 1. The topological polar surface area (TPSA) is 57.6 Å². The van der Waals surface area contributed by atoms with E-state index in [9.17, 15) is 14.7 Å². The number of halogens is 1. The number of Topliss-reactive ketones (excluding diaryl/α,β-unsaturated/α-hetero) is 1. The highest BCUT2D eigenvalue weighted by Crippen LogP contribution is 2.47. The Morgan fingerprint density at radius 2 is 1.93 bits per heavy atom. The Morgan fingerprint density at radius 3 is 2.55 bits per heavy atom. The van der Waals surface area contributed by atoms with Crippen molar-refractivity contribution in [2.24, 2.45) is 5.92 Å². The molecule has 0 saturated carbocycles. The molecule has 4 nitrogen and oxygen atoms in total. The molecular formula is C24H28ClNO3. The van der Waals surface area contributed by atoms with Crippen LogP contribution in [0.2, 0.25) is 5.02 Å². The Hall–Kier alpha value is -2.33. The summed E-state index contributed by atoms with van der Waals surface area (Å²) in [4.78, 5) is 26.8. The molecule has 1 heterocycles. The van der Waals surface area contributed by atoms with Gasteiger partial charge in [-0.3, -0.25) is 9.59 Å². The largest absolute Gasteiger partial charge is 0.481 e. The molecule has 1 atom stereocenters. The molecule has 0 saturated heterocycles. The van der Waals surface area contributed by atoms with Gasteiger partial charge in [-0.1, -0.05) is 69.1 Å². The van der Waals surface area contributed by atoms with E-state index in [0.717, 1.165) is 35.2 Å². The molecule has 1 unspecified atom stereocenters. The molecule has 3 rings (SSSR count). The van der Waals surface area contributed by atoms with E-state index >= 15 is 0 Å². The van der Waals surface area contributed by atoms with Crippen LogP contribution < -0.4 is 4.90 Å². The highest BCUT2D eigenvalue weighted by atomic mass is 35.5. The van der Waals surface area contributed by atoms with Gasteiger partial charge in [0.05, 0.1) is 11.8 Å². The Bertz CT molecular complexity index is 924. The summed E-state index contributed by atoms with van der Waals surface area (Å²) in [6.07, 6.45) is 1.63. The molecule has 1 N–H and O–H groups in total. The second-order valence-electron chi connectivity index (χ2n) is 8.22. The van der Waals surface area contributed by atoms with Crippen LogP contribution in [-0.4, -0.2) is 23.4 Å². The minimum absolute atomic E-state index is 0.0356. The third-order valence-corrected chi connectivity index (χ3v) is 6.10. The van der Waals surface area contributed by atoms with Gasteiger partial charge in [0.25, 0.3) is 0 Å². The lowest BCUT2D eigenvalue weighted by Crippen LogP contribution is -2.43. The summed E-state index contributed by atoms with van der Waals surface area (Å²) in [6.45, 7) is 7.18. The average Bonchev–Trinajstić information content (AvgIpc) is 2.96. The maximum absolute atomic E-state index is 13.4. The van der Waals surface area contributed by atoms with Crippen LogP contribution in [0, 0.1) is 5.92 Å². The van der Waals surface area contributed by atoms with E-state index in [4.69, 9.17) is 11.6 Å². The van der Waals surface area contributed by atoms with Gasteiger partial charge in [-0.05, 0) is 35.2 Å². The van der Waals surface area contributed by atoms with Gasteiger partial charge in [0.15, 0.2) is 0 Å². The Labute approximate surface area is 177 Å². The second-order valence-corrected chi connectivity index (χ2v) is 8.63. The van der Waals surface area contributed by atoms with Gasteiger partial charge in [-0.15, -0.1) is 0 Å². The molecule has 154 valence electrons. The van der Waals surface area contributed by atoms with Gasteiger partial charge in [0.2, 0.25) is 0 Å². The van der Waals surface area contributed by atoms with Crippen molar-refractivity contribution in [3.63, 3.8) is 0 Å². The molecule has 29 heavy (non-hydrogen) atoms. The lowest BCUT2D eigenvalue weighted by atomic mass is 9.71. The van der Waals surface area contributed by atoms with Crippen LogP contribution in [0.3, 0.4) is 0 Å². The van der Waals surface area contributed by atoms with Crippen molar-refractivity contribution in [2.75, 3.05) is 11.4 Å². The number of aliphatic carboxylic acids is 1. The van der Waals surface area contributed by atoms with Crippen LogP contribution in [0.1, 0.15) is 50.3 Å². The number of ketones is 1. The third kappa shape index (κ3) is 4.18. The summed E-state index contributed by atoms with van der Waals surface area (Å²) >= 11 is 6.40. The van der Waals surface area contributed by atoms with E-state index in [-0.39, 0.29) is 18.1 Å². The minimum Gasteiger partial charge on any atom is -0.481 e. The zero-order chi connectivity index (χ0) is 21.2. The summed E-state index contributed by atoms with van der Waals surface area (Å²) in [5.41, 5.74) is 3.13. The highest BCUT2D eigenvalue weighted by molar-refractivity contribution is 6.31. The van der Waals surface area contributed by atoms with Crippen LogP contribution in [0.15, 0.2) is 42.5 Å². The molecule has 0 aromatic heterocycles. The highest BCUT2D eigenvalue weighted by Gasteiger charge is 2.48. The predicted molar refractivity (Wildman–Crippen MR) is 117 cm³/mol. The summed E-state index contributed by atoms with van der Waals surface area (Å²) in [5.74, 6) is -0.694. The molecule has 0 spiro atoms. The van der Waals surface area contributed by atoms with Crippen LogP contribution in [0.5, 0.6) is 0 Å². The van der Waals surface area contributed by atoms with Crippen molar-refractivity contribution in [2.45, 2.75) is 52.0 Å². The molecule has 1 aliphatic rings. The number of hydrogen-bond donors (Lipinski definition) is 1. The van der Waals surface area contributed by atoms with Crippen LogP contribution in [0.25, 0.3) is 0 Å². The summed E-state index contributed by atoms with van der Waals surface area (Å²) in [7, 11) is 0. The minimum atomic E-state index is -0.862. The van der Waals surface area contributed by atoms with Crippen LogP contribution in [-0.2, 0) is 28.0 Å². The molecule has 0 radical (unpaired) electrons. The van der Waals surface area contributed by atoms with E-state index in [1.165, 1.54) is 0 Å². The second kappa shape index (κ2) is 8.58. The molecule has 0 aliphatic carbocycles. The number of anilines is 1. The van der Waals surface area contributed by atoms with Crippen LogP contribution >= 0.6 is 11.6 Å². The van der Waals surface area contributed by atoms with Gasteiger partial charge in [-0.2, -0.15) is 0 Å². The first-order valence-electron chi connectivity index (χ1n) is 10.2. The van der Waals surface area contributed by atoms with E-state index in [1.807, 2.05) is 56.3 Å². The first-order valence-corrected chi connectivity index (χ1v) is 10.5. The summed E-state index contributed by atoms with van der Waals surface area (Å²) in [6, 6.07) is 13.5. The lowest BCUT2D eigenvalue weighted by Gasteiger charge is -2.31. The number of carbonyl (C=O) groups excluding carboxylic acids is 1. The van der Waals surface area contributed by atoms with Gasteiger partial charge in [0.1, 0.15) is 5.78 Å². The first-order chi connectivity index (χ1) is 13.8. The van der Waals surface area contributed by atoms with Gasteiger partial charge >= 0.3 is 5.97 Å². The number of nitrogens with zero attached hydrogens (tertiary/aromatic N) is 1. The van der Waals surface area contributed by atoms with Crippen molar-refractivity contribution in [1.29, 1.82) is 0 Å². The lowest BCUT2D eigenvalue weighted by molar-refractivity contribution is -0.136. The Balaban J connectivity index is 2.10. The molecular weight excluding hydrogens is 386 g/mol. The fourth-order valence-electron chi connectivity index (χ4n) is 4.52. The monoisotopic (exact) mass is 413 g/mol. The SMILES string of the molecule is CCCC1(C(=O)C(C)C)CN(Cc2ccccc2Cl)c2cc(CC(=O)O)ccc21. The maximum atomic E-state index is 13.4. The standard InChI is InChI=1S/C24H28ClNO3/c1-4-11-24(23(29)16(2)3)15-26(14-18-7-5-6-8-20(18)25)21-12-17(13-22(27)28)9-10-19(21)24/h5-10,12,16H,4,11,13-15H2,1-3H3,(H,27,28). The van der Waals surface area contributed by atoms with Crippen molar-refractivity contribution in [3.8, 4) is 0 Å². The van der Waals surface area contributed by atoms with Crippen molar-refractivity contribution in [3.05, 3.63) is 64.2 Å². The third-order valence-electron chi connectivity index (χ3n) is 5.73. The fourth-order valence-corrected chi connectivity index (χ4v) is 4.72. The van der Waals surface area contributed by atoms with Crippen molar-refractivity contribution >= 4 is 29.0 Å². The smallest absolute Gasteiger partial charge is 0.307 e.